The van der Waals surface area contributed by atoms with E-state index in [1.165, 1.54) is 20.6 Å². The van der Waals surface area contributed by atoms with E-state index in [0.29, 0.717) is 17.9 Å². The summed E-state index contributed by atoms with van der Waals surface area (Å²) in [5.74, 6) is 0.277. The van der Waals surface area contributed by atoms with Crippen molar-refractivity contribution in [1.82, 2.24) is 0 Å². The zero-order chi connectivity index (χ0) is 13.9. The first kappa shape index (κ1) is 14.1. The van der Waals surface area contributed by atoms with E-state index in [1.807, 2.05) is 0 Å². The zero-order valence-electron chi connectivity index (χ0n) is 11.7. The third-order valence-electron chi connectivity index (χ3n) is 4.26. The van der Waals surface area contributed by atoms with Crippen molar-refractivity contribution in [3.63, 3.8) is 0 Å². The maximum Gasteiger partial charge on any atom is 0.197 e. The van der Waals surface area contributed by atoms with Gasteiger partial charge in [-0.1, -0.05) is 25.3 Å². The van der Waals surface area contributed by atoms with Crippen molar-refractivity contribution >= 4 is 0 Å². The minimum Gasteiger partial charge on any atom is -0.493 e. The topological polar surface area (TPSA) is 44.5 Å². The molecule has 0 bridgehead atoms. The molecule has 0 aromatic heterocycles. The van der Waals surface area contributed by atoms with E-state index in [2.05, 4.69) is 0 Å². The monoisotopic (exact) mass is 267 g/mol. The standard InChI is InChI=1S/C15H22FNO2/c1-18-12-7-6-11(13(16)14(12)19-2)15(10-17)8-4-3-5-9-15/h6-7H,3-5,8-10,17H2,1-2H3. The van der Waals surface area contributed by atoms with Gasteiger partial charge in [0.15, 0.2) is 17.3 Å². The molecule has 0 heterocycles. The molecule has 1 aromatic carbocycles. The van der Waals surface area contributed by atoms with Crippen molar-refractivity contribution in [2.45, 2.75) is 37.5 Å². The Bertz CT molecular complexity index is 442. The molecule has 1 saturated carbocycles. The highest BCUT2D eigenvalue weighted by molar-refractivity contribution is 5.47. The average Bonchev–Trinajstić information content (AvgIpc) is 2.47. The molecule has 0 atom stereocenters. The molecule has 0 unspecified atom stereocenters. The third-order valence-corrected chi connectivity index (χ3v) is 4.26. The van der Waals surface area contributed by atoms with Crippen LogP contribution in [0.5, 0.6) is 11.5 Å². The highest BCUT2D eigenvalue weighted by Gasteiger charge is 2.36. The predicted molar refractivity (Wildman–Crippen MR) is 73.3 cm³/mol. The van der Waals surface area contributed by atoms with Crippen LogP contribution in [0.1, 0.15) is 37.7 Å². The smallest absolute Gasteiger partial charge is 0.197 e. The van der Waals surface area contributed by atoms with Crippen molar-refractivity contribution in [2.24, 2.45) is 5.73 Å². The summed E-state index contributed by atoms with van der Waals surface area (Å²) in [6, 6.07) is 3.57. The van der Waals surface area contributed by atoms with Gasteiger partial charge in [-0.3, -0.25) is 0 Å². The van der Waals surface area contributed by atoms with E-state index >= 15 is 0 Å². The molecule has 1 aliphatic rings. The number of hydrogen-bond donors (Lipinski definition) is 1. The van der Waals surface area contributed by atoms with Gasteiger partial charge in [-0.25, -0.2) is 4.39 Å². The maximum atomic E-state index is 14.7. The fourth-order valence-corrected chi connectivity index (χ4v) is 3.11. The first-order chi connectivity index (χ1) is 9.18. The number of halogens is 1. The van der Waals surface area contributed by atoms with Gasteiger partial charge in [-0.15, -0.1) is 0 Å². The summed E-state index contributed by atoms with van der Waals surface area (Å²) in [6.45, 7) is 0.472. The van der Waals surface area contributed by atoms with E-state index < -0.39 is 0 Å². The summed E-state index contributed by atoms with van der Waals surface area (Å²) in [4.78, 5) is 0. The molecule has 0 aliphatic heterocycles. The van der Waals surface area contributed by atoms with E-state index in [1.54, 1.807) is 12.1 Å². The Kier molecular flexibility index (Phi) is 4.30. The van der Waals surface area contributed by atoms with E-state index in [0.717, 1.165) is 25.7 Å². The summed E-state index contributed by atoms with van der Waals surface area (Å²) in [7, 11) is 2.97. The Morgan fingerprint density at radius 2 is 1.84 bits per heavy atom. The van der Waals surface area contributed by atoms with Gasteiger partial charge < -0.3 is 15.2 Å². The highest BCUT2D eigenvalue weighted by Crippen LogP contribution is 2.43. The van der Waals surface area contributed by atoms with Crippen LogP contribution in [0.4, 0.5) is 4.39 Å². The molecule has 0 radical (unpaired) electrons. The molecule has 19 heavy (non-hydrogen) atoms. The van der Waals surface area contributed by atoms with Crippen molar-refractivity contribution in [3.05, 3.63) is 23.5 Å². The van der Waals surface area contributed by atoms with E-state index in [-0.39, 0.29) is 17.0 Å². The first-order valence-corrected chi connectivity index (χ1v) is 6.79. The molecule has 1 aliphatic carbocycles. The van der Waals surface area contributed by atoms with Crippen LogP contribution in [-0.2, 0) is 5.41 Å². The van der Waals surface area contributed by atoms with Crippen molar-refractivity contribution in [3.8, 4) is 11.5 Å². The lowest BCUT2D eigenvalue weighted by molar-refractivity contribution is 0.282. The lowest BCUT2D eigenvalue weighted by Crippen LogP contribution is -2.38. The van der Waals surface area contributed by atoms with Crippen LogP contribution >= 0.6 is 0 Å². The molecule has 3 nitrogen and oxygen atoms in total. The van der Waals surface area contributed by atoms with Crippen LogP contribution < -0.4 is 15.2 Å². The van der Waals surface area contributed by atoms with Gasteiger partial charge in [-0.2, -0.15) is 0 Å². The Morgan fingerprint density at radius 3 is 2.37 bits per heavy atom. The lowest BCUT2D eigenvalue weighted by atomic mass is 9.69. The number of rotatable bonds is 4. The van der Waals surface area contributed by atoms with Crippen molar-refractivity contribution < 1.29 is 13.9 Å². The van der Waals surface area contributed by atoms with Gasteiger partial charge in [0.1, 0.15) is 0 Å². The fraction of sp³-hybridized carbons (Fsp3) is 0.600. The third kappa shape index (κ3) is 2.41. The summed E-state index contributed by atoms with van der Waals surface area (Å²) >= 11 is 0. The van der Waals surface area contributed by atoms with Crippen molar-refractivity contribution in [1.29, 1.82) is 0 Å². The second-order valence-corrected chi connectivity index (χ2v) is 5.21. The molecule has 1 aromatic rings. The second kappa shape index (κ2) is 5.78. The lowest BCUT2D eigenvalue weighted by Gasteiger charge is -2.37. The largest absolute Gasteiger partial charge is 0.493 e. The van der Waals surface area contributed by atoms with E-state index in [4.69, 9.17) is 15.2 Å². The summed E-state index contributed by atoms with van der Waals surface area (Å²) in [5, 5.41) is 0. The minimum absolute atomic E-state index is 0.179. The van der Waals surface area contributed by atoms with Gasteiger partial charge in [0, 0.05) is 12.0 Å². The molecular formula is C15H22FNO2. The van der Waals surface area contributed by atoms with E-state index in [9.17, 15) is 4.39 Å². The predicted octanol–water partition coefficient (Wildman–Crippen LogP) is 3.00. The first-order valence-electron chi connectivity index (χ1n) is 6.79. The summed E-state index contributed by atoms with van der Waals surface area (Å²) in [6.07, 6.45) is 5.29. The molecule has 0 saturated heterocycles. The van der Waals surface area contributed by atoms with Gasteiger partial charge in [0.2, 0.25) is 0 Å². The normalized spacial score (nSPS) is 18.1. The molecule has 0 amide bonds. The van der Waals surface area contributed by atoms with Gasteiger partial charge >= 0.3 is 0 Å². The second-order valence-electron chi connectivity index (χ2n) is 5.21. The molecule has 2 rings (SSSR count). The molecule has 106 valence electrons. The van der Waals surface area contributed by atoms with Crippen LogP contribution in [0.2, 0.25) is 0 Å². The molecule has 0 spiro atoms. The zero-order valence-corrected chi connectivity index (χ0v) is 11.7. The Labute approximate surface area is 113 Å². The van der Waals surface area contributed by atoms with Crippen LogP contribution in [0.15, 0.2) is 12.1 Å². The number of ether oxygens (including phenoxy) is 2. The Hall–Kier alpha value is -1.29. The van der Waals surface area contributed by atoms with Gasteiger partial charge in [0.25, 0.3) is 0 Å². The number of benzene rings is 1. The Balaban J connectivity index is 2.49. The average molecular weight is 267 g/mol. The van der Waals surface area contributed by atoms with Crippen LogP contribution in [0.25, 0.3) is 0 Å². The van der Waals surface area contributed by atoms with Crippen LogP contribution in [-0.4, -0.2) is 20.8 Å². The highest BCUT2D eigenvalue weighted by atomic mass is 19.1. The SMILES string of the molecule is COc1ccc(C2(CN)CCCCC2)c(F)c1OC. The molecule has 4 heteroatoms. The molecule has 1 fully saturated rings. The molecule has 2 N–H and O–H groups in total. The molecular weight excluding hydrogens is 245 g/mol. The van der Waals surface area contributed by atoms with Gasteiger partial charge in [0.05, 0.1) is 14.2 Å². The quantitative estimate of drug-likeness (QED) is 0.912. The Morgan fingerprint density at radius 1 is 1.16 bits per heavy atom. The summed E-state index contributed by atoms with van der Waals surface area (Å²) in [5.41, 5.74) is 6.39. The van der Waals surface area contributed by atoms with Crippen LogP contribution in [0, 0.1) is 5.82 Å². The van der Waals surface area contributed by atoms with Gasteiger partial charge in [-0.05, 0) is 24.5 Å². The summed E-state index contributed by atoms with van der Waals surface area (Å²) < 4.78 is 25.0. The number of nitrogens with two attached hydrogens (primary N) is 1. The fourth-order valence-electron chi connectivity index (χ4n) is 3.11. The number of methoxy groups -OCH3 is 2. The van der Waals surface area contributed by atoms with Crippen molar-refractivity contribution in [2.75, 3.05) is 20.8 Å². The minimum atomic E-state index is -0.325. The van der Waals surface area contributed by atoms with Crippen LogP contribution in [0.3, 0.4) is 0 Å². The maximum absolute atomic E-state index is 14.7. The number of hydrogen-bond acceptors (Lipinski definition) is 3.